The number of rotatable bonds is 7. The van der Waals surface area contributed by atoms with Crippen molar-refractivity contribution in [2.75, 3.05) is 5.75 Å². The quantitative estimate of drug-likeness (QED) is 0.562. The third-order valence-corrected chi connectivity index (χ3v) is 5.61. The van der Waals surface area contributed by atoms with Gasteiger partial charge in [0.2, 0.25) is 0 Å². The van der Waals surface area contributed by atoms with Crippen LogP contribution in [0.25, 0.3) is 0 Å². The van der Waals surface area contributed by atoms with Crippen LogP contribution in [0.3, 0.4) is 0 Å². The fourth-order valence-corrected chi connectivity index (χ4v) is 4.19. The Morgan fingerprint density at radius 1 is 1.35 bits per heavy atom. The van der Waals surface area contributed by atoms with Crippen molar-refractivity contribution in [2.24, 2.45) is 0 Å². The molecule has 0 aliphatic rings. The summed E-state index contributed by atoms with van der Waals surface area (Å²) in [6.45, 7) is 8.18. The number of aryl methyl sites for hydroxylation is 1. The van der Waals surface area contributed by atoms with Crippen LogP contribution < -0.4 is 0 Å². The molecule has 3 heteroatoms. The zero-order valence-corrected chi connectivity index (χ0v) is 12.9. The number of hydrogen-bond acceptors (Lipinski definition) is 2. The van der Waals surface area contributed by atoms with Gasteiger partial charge >= 0.3 is 114 Å². The van der Waals surface area contributed by atoms with Crippen LogP contribution in [-0.2, 0) is 0 Å². The fourth-order valence-electron chi connectivity index (χ4n) is 1.21. The minimum absolute atomic E-state index is 0.131. The number of hydrogen-bond donors (Lipinski definition) is 0. The van der Waals surface area contributed by atoms with Crippen molar-refractivity contribution in [2.45, 2.75) is 26.7 Å². The van der Waals surface area contributed by atoms with Crippen LogP contribution in [0, 0.1) is 6.92 Å². The Labute approximate surface area is 114 Å². The van der Waals surface area contributed by atoms with Gasteiger partial charge in [-0.05, 0) is 0 Å². The van der Waals surface area contributed by atoms with Gasteiger partial charge in [-0.15, -0.1) is 0 Å². The number of benzene rings is 1. The van der Waals surface area contributed by atoms with Gasteiger partial charge < -0.3 is 0 Å². The molecule has 0 aliphatic carbocycles. The van der Waals surface area contributed by atoms with Gasteiger partial charge in [-0.1, -0.05) is 0 Å². The molecule has 1 nitrogen and oxygen atoms in total. The second-order valence-corrected chi connectivity index (χ2v) is 7.84. The van der Waals surface area contributed by atoms with Crippen molar-refractivity contribution < 1.29 is 4.79 Å². The Balaban J connectivity index is 2.43. The van der Waals surface area contributed by atoms with E-state index in [2.05, 4.69) is 13.5 Å². The predicted molar refractivity (Wildman–Crippen MR) is 77.8 cm³/mol. The zero-order valence-electron chi connectivity index (χ0n) is 10.4. The predicted octanol–water partition coefficient (Wildman–Crippen LogP) is 3.84. The van der Waals surface area contributed by atoms with Crippen LogP contribution in [0.1, 0.15) is 35.7 Å². The number of unbranched alkanes of at least 4 members (excludes halogenated alkanes) is 1. The molecule has 92 valence electrons. The molecule has 0 spiro atoms. The normalized spacial score (nSPS) is 10.2. The molecule has 0 saturated carbocycles. The third-order valence-electron chi connectivity index (χ3n) is 2.25. The summed E-state index contributed by atoms with van der Waals surface area (Å²) in [6.07, 6.45) is 2.39. The average molecular weight is 313 g/mol. The van der Waals surface area contributed by atoms with Crippen LogP contribution in [-0.4, -0.2) is 25.4 Å². The van der Waals surface area contributed by atoms with Crippen LogP contribution in [0.5, 0.6) is 0 Å². The third kappa shape index (κ3) is 5.58. The van der Waals surface area contributed by atoms with Gasteiger partial charge in [0.05, 0.1) is 0 Å². The van der Waals surface area contributed by atoms with E-state index in [1.54, 1.807) is 11.8 Å². The van der Waals surface area contributed by atoms with E-state index < -0.39 is 0 Å². The second-order valence-electron chi connectivity index (χ2n) is 3.83. The molecule has 0 amide bonds. The molecule has 0 radical (unpaired) electrons. The van der Waals surface area contributed by atoms with Gasteiger partial charge in [0.15, 0.2) is 0 Å². The Morgan fingerprint density at radius 2 is 2.00 bits per heavy atom. The van der Waals surface area contributed by atoms with Crippen molar-refractivity contribution >= 4 is 31.4 Å². The Bertz CT molecular complexity index is 384. The molecule has 17 heavy (non-hydrogen) atoms. The summed E-state index contributed by atoms with van der Waals surface area (Å²) in [5.74, 6) is 1.08. The summed E-state index contributed by atoms with van der Waals surface area (Å²) in [5.41, 5.74) is 2.00. The minimum atomic E-state index is -0.131. The van der Waals surface area contributed by atoms with Crippen molar-refractivity contribution in [1.82, 2.24) is 0 Å². The van der Waals surface area contributed by atoms with E-state index in [0.717, 1.165) is 15.1 Å². The first-order valence-corrected chi connectivity index (χ1v) is 8.44. The maximum absolute atomic E-state index is 12.0. The topological polar surface area (TPSA) is 17.1 Å². The van der Waals surface area contributed by atoms with E-state index in [4.69, 9.17) is 0 Å². The summed E-state index contributed by atoms with van der Waals surface area (Å²) in [7, 11) is 0. The molecular weight excluding hydrogens is 295 g/mol. The van der Waals surface area contributed by atoms with E-state index in [1.165, 1.54) is 18.4 Å². The SMILES string of the molecule is C=C(SCCCC)[Se]C(=O)c1ccc(C)cc1. The van der Waals surface area contributed by atoms with Gasteiger partial charge in [0.25, 0.3) is 0 Å². The van der Waals surface area contributed by atoms with Gasteiger partial charge in [-0.2, -0.15) is 0 Å². The first-order valence-electron chi connectivity index (χ1n) is 5.74. The Morgan fingerprint density at radius 3 is 2.59 bits per heavy atom. The van der Waals surface area contributed by atoms with E-state index in [0.29, 0.717) is 0 Å². The summed E-state index contributed by atoms with van der Waals surface area (Å²) in [4.78, 5) is 12.0. The molecule has 1 aromatic rings. The summed E-state index contributed by atoms with van der Waals surface area (Å²) in [6, 6.07) is 7.78. The molecular formula is C14H18OSSe. The number of thioether (sulfide) groups is 1. The molecule has 0 aromatic heterocycles. The van der Waals surface area contributed by atoms with Crippen molar-refractivity contribution in [3.8, 4) is 0 Å². The van der Waals surface area contributed by atoms with Crippen LogP contribution in [0.2, 0.25) is 0 Å². The van der Waals surface area contributed by atoms with Crippen LogP contribution in [0.4, 0.5) is 0 Å². The number of carbonyl (C=O) groups is 1. The average Bonchev–Trinajstić information content (AvgIpc) is 2.30. The summed E-state index contributed by atoms with van der Waals surface area (Å²) < 4.78 is 1.27. The molecule has 0 aliphatic heterocycles. The molecule has 0 N–H and O–H groups in total. The van der Waals surface area contributed by atoms with Crippen LogP contribution >= 0.6 is 11.8 Å². The molecule has 0 atom stereocenters. The van der Waals surface area contributed by atoms with E-state index in [9.17, 15) is 4.79 Å². The van der Waals surface area contributed by atoms with Crippen molar-refractivity contribution in [3.63, 3.8) is 0 Å². The summed E-state index contributed by atoms with van der Waals surface area (Å²) >= 11 is 1.61. The first kappa shape index (κ1) is 14.6. The van der Waals surface area contributed by atoms with Gasteiger partial charge in [-0.3, -0.25) is 0 Å². The zero-order chi connectivity index (χ0) is 12.7. The van der Waals surface area contributed by atoms with E-state index in [-0.39, 0.29) is 19.6 Å². The van der Waals surface area contributed by atoms with Crippen molar-refractivity contribution in [3.05, 3.63) is 45.8 Å². The molecule has 1 aromatic carbocycles. The standard InChI is InChI=1S/C14H18OSSe/c1-4-5-10-16-12(3)17-14(15)13-8-6-11(2)7-9-13/h6-9H,3-5,10H2,1-2H3. The van der Waals surface area contributed by atoms with Gasteiger partial charge in [-0.25, -0.2) is 0 Å². The Hall–Kier alpha value is -0.501. The second kappa shape index (κ2) is 7.75. The van der Waals surface area contributed by atoms with Crippen molar-refractivity contribution in [1.29, 1.82) is 0 Å². The fraction of sp³-hybridized carbons (Fsp3) is 0.357. The number of carbonyl (C=O) groups excluding carboxylic acids is 1. The first-order chi connectivity index (χ1) is 8.13. The molecule has 0 heterocycles. The summed E-state index contributed by atoms with van der Waals surface area (Å²) in [5, 5.41) is 0. The molecule has 0 saturated heterocycles. The van der Waals surface area contributed by atoms with Gasteiger partial charge in [0, 0.05) is 0 Å². The van der Waals surface area contributed by atoms with E-state index >= 15 is 0 Å². The monoisotopic (exact) mass is 314 g/mol. The van der Waals surface area contributed by atoms with E-state index in [1.807, 2.05) is 31.2 Å². The van der Waals surface area contributed by atoms with Crippen LogP contribution in [0.15, 0.2) is 34.6 Å². The molecule has 0 unspecified atom stereocenters. The molecule has 0 fully saturated rings. The molecule has 0 bridgehead atoms. The molecule has 1 rings (SSSR count). The maximum atomic E-state index is 12.0. The Kier molecular flexibility index (Phi) is 6.64. The van der Waals surface area contributed by atoms with Gasteiger partial charge in [0.1, 0.15) is 0 Å².